The minimum Gasteiger partial charge on any atom is -0.462 e. The van der Waals surface area contributed by atoms with E-state index < -0.39 is 11.9 Å². The maximum absolute atomic E-state index is 12.4. The Kier molecular flexibility index (Phi) is 12.3. The van der Waals surface area contributed by atoms with Gasteiger partial charge in [-0.2, -0.15) is 0 Å². The minimum absolute atomic E-state index is 0.154. The molecule has 0 aliphatic carbocycles. The smallest absolute Gasteiger partial charge is 0.348 e. The fraction of sp³-hybridized carbons (Fsp3) is 0.682. The summed E-state index contributed by atoms with van der Waals surface area (Å²) in [6.45, 7) is 7.77. The van der Waals surface area contributed by atoms with Crippen molar-refractivity contribution in [2.45, 2.75) is 85.5 Å². The normalized spacial score (nSPS) is 10.6. The van der Waals surface area contributed by atoms with Crippen molar-refractivity contribution in [3.05, 3.63) is 16.0 Å². The SMILES string of the molecule is CCCCCCCCCCC(=O)Nc1sc(C(=O)OCC)c(C)c1C(=O)OCC. The third-order valence-corrected chi connectivity index (χ3v) is 5.78. The van der Waals surface area contributed by atoms with Crippen LogP contribution in [0.2, 0.25) is 0 Å². The summed E-state index contributed by atoms with van der Waals surface area (Å²) in [6, 6.07) is 0. The number of rotatable bonds is 14. The molecule has 0 unspecified atom stereocenters. The second kappa shape index (κ2) is 14.1. The number of ether oxygens (including phenoxy) is 2. The van der Waals surface area contributed by atoms with Gasteiger partial charge in [-0.15, -0.1) is 11.3 Å². The van der Waals surface area contributed by atoms with Crippen LogP contribution in [0.4, 0.5) is 5.00 Å². The van der Waals surface area contributed by atoms with E-state index >= 15 is 0 Å². The van der Waals surface area contributed by atoms with Gasteiger partial charge in [0.05, 0.1) is 18.8 Å². The van der Waals surface area contributed by atoms with E-state index in [0.717, 1.165) is 30.6 Å². The van der Waals surface area contributed by atoms with E-state index in [-0.39, 0.29) is 24.7 Å². The lowest BCUT2D eigenvalue weighted by Gasteiger charge is -2.07. The van der Waals surface area contributed by atoms with Crippen molar-refractivity contribution in [3.8, 4) is 0 Å². The third kappa shape index (κ3) is 8.56. The zero-order chi connectivity index (χ0) is 21.6. The van der Waals surface area contributed by atoms with Crippen LogP contribution in [-0.2, 0) is 14.3 Å². The van der Waals surface area contributed by atoms with E-state index in [4.69, 9.17) is 9.47 Å². The lowest BCUT2D eigenvalue weighted by atomic mass is 10.1. The molecule has 1 aromatic rings. The van der Waals surface area contributed by atoms with Crippen molar-refractivity contribution in [2.24, 2.45) is 0 Å². The van der Waals surface area contributed by atoms with Gasteiger partial charge in [-0.05, 0) is 32.8 Å². The van der Waals surface area contributed by atoms with Crippen LogP contribution >= 0.6 is 11.3 Å². The molecule has 1 rings (SSSR count). The Balaban J connectivity index is 2.66. The summed E-state index contributed by atoms with van der Waals surface area (Å²) in [5, 5.41) is 3.15. The molecule has 1 aromatic heterocycles. The van der Waals surface area contributed by atoms with Gasteiger partial charge >= 0.3 is 11.9 Å². The number of hydrogen-bond acceptors (Lipinski definition) is 6. The summed E-state index contributed by atoms with van der Waals surface area (Å²) < 4.78 is 10.2. The maximum atomic E-state index is 12.4. The number of nitrogens with one attached hydrogen (secondary N) is 1. The van der Waals surface area contributed by atoms with Gasteiger partial charge in [0.2, 0.25) is 5.91 Å². The van der Waals surface area contributed by atoms with E-state index in [1.165, 1.54) is 32.1 Å². The van der Waals surface area contributed by atoms with Crippen LogP contribution in [0, 0.1) is 6.92 Å². The summed E-state index contributed by atoms with van der Waals surface area (Å²) in [7, 11) is 0. The largest absolute Gasteiger partial charge is 0.462 e. The first-order valence-electron chi connectivity index (χ1n) is 10.7. The molecule has 0 spiro atoms. The second-order valence-electron chi connectivity index (χ2n) is 6.97. The van der Waals surface area contributed by atoms with Gasteiger partial charge in [0.25, 0.3) is 0 Å². The number of thiophene rings is 1. The Hall–Kier alpha value is -1.89. The van der Waals surface area contributed by atoms with E-state index in [0.29, 0.717) is 21.9 Å². The lowest BCUT2D eigenvalue weighted by molar-refractivity contribution is -0.116. The summed E-state index contributed by atoms with van der Waals surface area (Å²) >= 11 is 1.06. The van der Waals surface area contributed by atoms with Gasteiger partial charge in [-0.3, -0.25) is 4.79 Å². The number of hydrogen-bond donors (Lipinski definition) is 1. The summed E-state index contributed by atoms with van der Waals surface area (Å²) in [5.74, 6) is -1.19. The highest BCUT2D eigenvalue weighted by molar-refractivity contribution is 7.18. The highest BCUT2D eigenvalue weighted by Gasteiger charge is 2.27. The Morgan fingerprint density at radius 3 is 1.97 bits per heavy atom. The minimum atomic E-state index is -0.542. The number of anilines is 1. The van der Waals surface area contributed by atoms with Crippen LogP contribution in [-0.4, -0.2) is 31.1 Å². The number of esters is 2. The van der Waals surface area contributed by atoms with Gasteiger partial charge in [0.15, 0.2) is 0 Å². The van der Waals surface area contributed by atoms with Crippen LogP contribution in [0.1, 0.15) is 104 Å². The fourth-order valence-corrected chi connectivity index (χ4v) is 4.16. The van der Waals surface area contributed by atoms with Gasteiger partial charge in [-0.1, -0.05) is 51.9 Å². The molecule has 6 nitrogen and oxygen atoms in total. The molecule has 0 fully saturated rings. The maximum Gasteiger partial charge on any atom is 0.348 e. The van der Waals surface area contributed by atoms with Gasteiger partial charge in [-0.25, -0.2) is 9.59 Å². The van der Waals surface area contributed by atoms with E-state index in [9.17, 15) is 14.4 Å². The fourth-order valence-electron chi connectivity index (χ4n) is 3.05. The second-order valence-corrected chi connectivity index (χ2v) is 7.99. The predicted octanol–water partition coefficient (Wildman–Crippen LogP) is 5.88. The molecular formula is C22H35NO5S. The van der Waals surface area contributed by atoms with Crippen LogP contribution in [0.25, 0.3) is 0 Å². The van der Waals surface area contributed by atoms with Crippen LogP contribution in [0.15, 0.2) is 0 Å². The number of unbranched alkanes of at least 4 members (excludes halogenated alkanes) is 7. The molecule has 29 heavy (non-hydrogen) atoms. The van der Waals surface area contributed by atoms with Crippen molar-refractivity contribution in [1.82, 2.24) is 0 Å². The summed E-state index contributed by atoms with van der Waals surface area (Å²) in [5.41, 5.74) is 0.721. The Bertz CT molecular complexity index is 668. The Labute approximate surface area is 178 Å². The molecule has 0 saturated heterocycles. The Morgan fingerprint density at radius 1 is 0.828 bits per heavy atom. The molecule has 0 aliphatic rings. The first kappa shape index (κ1) is 25.1. The molecular weight excluding hydrogens is 390 g/mol. The number of carbonyl (C=O) groups excluding carboxylic acids is 3. The average molecular weight is 426 g/mol. The zero-order valence-corrected chi connectivity index (χ0v) is 19.0. The monoisotopic (exact) mass is 425 g/mol. The highest BCUT2D eigenvalue weighted by atomic mass is 32.1. The topological polar surface area (TPSA) is 81.7 Å². The first-order chi connectivity index (χ1) is 14.0. The Morgan fingerprint density at radius 2 is 1.38 bits per heavy atom. The van der Waals surface area contributed by atoms with Gasteiger partial charge in [0, 0.05) is 6.42 Å². The van der Waals surface area contributed by atoms with Crippen LogP contribution in [0.5, 0.6) is 0 Å². The molecule has 164 valence electrons. The number of amides is 1. The molecule has 0 aromatic carbocycles. The number of carbonyl (C=O) groups is 3. The molecule has 1 amide bonds. The van der Waals surface area contributed by atoms with Crippen LogP contribution < -0.4 is 5.32 Å². The van der Waals surface area contributed by atoms with Gasteiger partial charge in [0.1, 0.15) is 9.88 Å². The van der Waals surface area contributed by atoms with Crippen molar-refractivity contribution < 1.29 is 23.9 Å². The third-order valence-electron chi connectivity index (χ3n) is 4.60. The molecule has 7 heteroatoms. The molecule has 0 atom stereocenters. The molecule has 1 heterocycles. The zero-order valence-electron chi connectivity index (χ0n) is 18.2. The predicted molar refractivity (Wildman–Crippen MR) is 117 cm³/mol. The van der Waals surface area contributed by atoms with E-state index in [1.54, 1.807) is 20.8 Å². The molecule has 0 bridgehead atoms. The van der Waals surface area contributed by atoms with Crippen molar-refractivity contribution in [3.63, 3.8) is 0 Å². The summed E-state index contributed by atoms with van der Waals surface area (Å²) in [6.07, 6.45) is 9.64. The van der Waals surface area contributed by atoms with Crippen molar-refractivity contribution in [2.75, 3.05) is 18.5 Å². The van der Waals surface area contributed by atoms with Gasteiger partial charge < -0.3 is 14.8 Å². The van der Waals surface area contributed by atoms with E-state index in [1.807, 2.05) is 0 Å². The van der Waals surface area contributed by atoms with Crippen molar-refractivity contribution in [1.29, 1.82) is 0 Å². The quantitative estimate of drug-likeness (QED) is 0.297. The lowest BCUT2D eigenvalue weighted by Crippen LogP contribution is -2.14. The van der Waals surface area contributed by atoms with Crippen molar-refractivity contribution >= 4 is 34.2 Å². The van der Waals surface area contributed by atoms with Crippen LogP contribution in [0.3, 0.4) is 0 Å². The summed E-state index contributed by atoms with van der Waals surface area (Å²) in [4.78, 5) is 37.2. The molecule has 0 saturated carbocycles. The highest BCUT2D eigenvalue weighted by Crippen LogP contribution is 2.34. The molecule has 0 radical (unpaired) electrons. The first-order valence-corrected chi connectivity index (χ1v) is 11.5. The standard InChI is InChI=1S/C22H35NO5S/c1-5-8-9-10-11-12-13-14-15-17(24)23-20-18(21(25)27-6-2)16(4)19(29-20)22(26)28-7-3/h5-15H2,1-4H3,(H,23,24). The molecule has 1 N–H and O–H groups in total. The molecule has 0 aliphatic heterocycles. The average Bonchev–Trinajstić information content (AvgIpc) is 3.00. The van der Waals surface area contributed by atoms with E-state index in [2.05, 4.69) is 12.2 Å².